The highest BCUT2D eigenvalue weighted by Gasteiger charge is 2.15. The van der Waals surface area contributed by atoms with Crippen LogP contribution in [0.15, 0.2) is 55.0 Å². The monoisotopic (exact) mass is 336 g/mol. The summed E-state index contributed by atoms with van der Waals surface area (Å²) in [6.45, 7) is 1.92. The Balaban J connectivity index is 2.01. The average Bonchev–Trinajstić information content (AvgIpc) is 3.07. The number of carbonyl (C=O) groups excluding carboxylic acids is 2. The number of amides is 1. The number of ether oxygens (including phenoxy) is 1. The molecule has 1 aromatic carbocycles. The van der Waals surface area contributed by atoms with Gasteiger partial charge in [0.2, 0.25) is 0 Å². The van der Waals surface area contributed by atoms with Gasteiger partial charge in [0.25, 0.3) is 5.91 Å². The Morgan fingerprint density at radius 1 is 1.20 bits per heavy atom. The van der Waals surface area contributed by atoms with Gasteiger partial charge < -0.3 is 10.1 Å². The number of aromatic nitrogens is 3. The second-order valence-electron chi connectivity index (χ2n) is 5.35. The molecular formula is C18H16N4O3. The smallest absolute Gasteiger partial charge is 0.337 e. The molecule has 0 aliphatic carbocycles. The van der Waals surface area contributed by atoms with Crippen molar-refractivity contribution in [1.82, 2.24) is 14.8 Å². The highest BCUT2D eigenvalue weighted by atomic mass is 16.5. The van der Waals surface area contributed by atoms with Gasteiger partial charge in [-0.25, -0.2) is 9.48 Å². The molecule has 0 unspecified atom stereocenters. The second-order valence-corrected chi connectivity index (χ2v) is 5.35. The van der Waals surface area contributed by atoms with E-state index < -0.39 is 5.97 Å². The lowest BCUT2D eigenvalue weighted by molar-refractivity contribution is 0.0600. The molecule has 0 spiro atoms. The van der Waals surface area contributed by atoms with Gasteiger partial charge >= 0.3 is 5.97 Å². The van der Waals surface area contributed by atoms with Crippen molar-refractivity contribution in [3.8, 4) is 5.69 Å². The van der Waals surface area contributed by atoms with Crippen LogP contribution in [0.25, 0.3) is 5.69 Å². The lowest BCUT2D eigenvalue weighted by Gasteiger charge is -2.12. The highest BCUT2D eigenvalue weighted by Crippen LogP contribution is 2.23. The van der Waals surface area contributed by atoms with Crippen LogP contribution in [0.1, 0.15) is 26.4 Å². The predicted octanol–water partition coefficient (Wildman–Crippen LogP) is 2.61. The van der Waals surface area contributed by atoms with Crippen LogP contribution in [-0.4, -0.2) is 33.8 Å². The molecule has 25 heavy (non-hydrogen) atoms. The van der Waals surface area contributed by atoms with Crippen molar-refractivity contribution in [1.29, 1.82) is 0 Å². The molecule has 1 amide bonds. The number of esters is 1. The van der Waals surface area contributed by atoms with E-state index in [0.29, 0.717) is 16.9 Å². The van der Waals surface area contributed by atoms with Crippen molar-refractivity contribution in [2.45, 2.75) is 6.92 Å². The van der Waals surface area contributed by atoms with Crippen LogP contribution in [-0.2, 0) is 4.74 Å². The number of anilines is 1. The standard InChI is InChI=1S/C18H16N4O3/c1-12-10-20-22(11-12)16-7-6-13(18(24)25-2)9-15(16)21-17(23)14-5-3-4-8-19-14/h3-11H,1-2H3,(H,21,23). The Labute approximate surface area is 144 Å². The molecule has 0 saturated carbocycles. The van der Waals surface area contributed by atoms with Crippen molar-refractivity contribution in [2.75, 3.05) is 12.4 Å². The van der Waals surface area contributed by atoms with Gasteiger partial charge in [-0.2, -0.15) is 5.10 Å². The molecule has 3 aromatic rings. The summed E-state index contributed by atoms with van der Waals surface area (Å²) >= 11 is 0. The molecule has 2 aromatic heterocycles. The highest BCUT2D eigenvalue weighted by molar-refractivity contribution is 6.04. The van der Waals surface area contributed by atoms with Gasteiger partial charge in [-0.1, -0.05) is 6.07 Å². The second kappa shape index (κ2) is 6.96. The largest absolute Gasteiger partial charge is 0.465 e. The minimum atomic E-state index is -0.489. The van der Waals surface area contributed by atoms with Crippen molar-refractivity contribution in [3.63, 3.8) is 0 Å². The molecular weight excluding hydrogens is 320 g/mol. The summed E-state index contributed by atoms with van der Waals surface area (Å²) in [6, 6.07) is 9.94. The van der Waals surface area contributed by atoms with Crippen LogP contribution in [0.4, 0.5) is 5.69 Å². The fraction of sp³-hybridized carbons (Fsp3) is 0.111. The maximum absolute atomic E-state index is 12.4. The van der Waals surface area contributed by atoms with Gasteiger partial charge in [0.15, 0.2) is 0 Å². The van der Waals surface area contributed by atoms with E-state index in [0.717, 1.165) is 5.56 Å². The molecule has 0 aliphatic heterocycles. The van der Waals surface area contributed by atoms with Crippen molar-refractivity contribution in [2.24, 2.45) is 0 Å². The Morgan fingerprint density at radius 3 is 2.68 bits per heavy atom. The van der Waals surface area contributed by atoms with E-state index in [4.69, 9.17) is 4.74 Å². The zero-order valence-corrected chi connectivity index (χ0v) is 13.8. The van der Waals surface area contributed by atoms with Gasteiger partial charge in [0.05, 0.1) is 30.2 Å². The van der Waals surface area contributed by atoms with Crippen molar-refractivity contribution >= 4 is 17.6 Å². The Bertz CT molecular complexity index is 919. The molecule has 1 N–H and O–H groups in total. The quantitative estimate of drug-likeness (QED) is 0.740. The molecule has 0 aliphatic rings. The molecule has 2 heterocycles. The molecule has 3 rings (SSSR count). The van der Waals surface area contributed by atoms with E-state index in [1.807, 2.05) is 13.1 Å². The number of rotatable bonds is 4. The predicted molar refractivity (Wildman–Crippen MR) is 91.8 cm³/mol. The molecule has 7 heteroatoms. The Morgan fingerprint density at radius 2 is 2.04 bits per heavy atom. The van der Waals surface area contributed by atoms with Crippen LogP contribution in [0, 0.1) is 6.92 Å². The topological polar surface area (TPSA) is 86.1 Å². The van der Waals surface area contributed by atoms with Crippen LogP contribution in [0.5, 0.6) is 0 Å². The van der Waals surface area contributed by atoms with Crippen LogP contribution in [0.2, 0.25) is 0 Å². The van der Waals surface area contributed by atoms with Crippen molar-refractivity contribution < 1.29 is 14.3 Å². The van der Waals surface area contributed by atoms with E-state index in [1.165, 1.54) is 13.3 Å². The fourth-order valence-corrected chi connectivity index (χ4v) is 2.31. The van der Waals surface area contributed by atoms with E-state index in [9.17, 15) is 9.59 Å². The first-order chi connectivity index (χ1) is 12.1. The normalized spacial score (nSPS) is 10.3. The van der Waals surface area contributed by atoms with E-state index in [-0.39, 0.29) is 11.6 Å². The van der Waals surface area contributed by atoms with Crippen LogP contribution in [0.3, 0.4) is 0 Å². The van der Waals surface area contributed by atoms with Crippen LogP contribution >= 0.6 is 0 Å². The number of nitrogens with zero attached hydrogens (tertiary/aromatic N) is 3. The number of aryl methyl sites for hydroxylation is 1. The lowest BCUT2D eigenvalue weighted by atomic mass is 10.1. The Kier molecular flexibility index (Phi) is 4.56. The summed E-state index contributed by atoms with van der Waals surface area (Å²) in [5.41, 5.74) is 2.63. The number of carbonyl (C=O) groups is 2. The number of pyridine rings is 1. The molecule has 0 fully saturated rings. The lowest BCUT2D eigenvalue weighted by Crippen LogP contribution is -2.16. The summed E-state index contributed by atoms with van der Waals surface area (Å²) in [7, 11) is 1.30. The maximum Gasteiger partial charge on any atom is 0.337 e. The zero-order chi connectivity index (χ0) is 17.8. The van der Waals surface area contributed by atoms with Gasteiger partial charge in [-0.15, -0.1) is 0 Å². The van der Waals surface area contributed by atoms with E-state index in [1.54, 1.807) is 47.3 Å². The van der Waals surface area contributed by atoms with E-state index >= 15 is 0 Å². The van der Waals surface area contributed by atoms with Gasteiger partial charge in [0, 0.05) is 12.4 Å². The third kappa shape index (κ3) is 3.55. The third-order valence-corrected chi connectivity index (χ3v) is 3.52. The third-order valence-electron chi connectivity index (χ3n) is 3.52. The number of benzene rings is 1. The summed E-state index contributed by atoms with van der Waals surface area (Å²) in [5, 5.41) is 7.04. The molecule has 0 bridgehead atoms. The first kappa shape index (κ1) is 16.4. The number of hydrogen-bond acceptors (Lipinski definition) is 5. The summed E-state index contributed by atoms with van der Waals surface area (Å²) in [6.07, 6.45) is 5.07. The summed E-state index contributed by atoms with van der Waals surface area (Å²) in [4.78, 5) is 28.3. The van der Waals surface area contributed by atoms with Gasteiger partial charge in [0.1, 0.15) is 5.69 Å². The molecule has 0 atom stereocenters. The molecule has 0 radical (unpaired) electrons. The summed E-state index contributed by atoms with van der Waals surface area (Å²) < 4.78 is 6.37. The van der Waals surface area contributed by atoms with Crippen molar-refractivity contribution in [3.05, 3.63) is 71.8 Å². The first-order valence-electron chi connectivity index (χ1n) is 7.55. The Hall–Kier alpha value is -3.48. The maximum atomic E-state index is 12.4. The van der Waals surface area contributed by atoms with E-state index in [2.05, 4.69) is 15.4 Å². The van der Waals surface area contributed by atoms with Gasteiger partial charge in [-0.05, 0) is 42.8 Å². The minimum Gasteiger partial charge on any atom is -0.465 e. The number of methoxy groups -OCH3 is 1. The molecule has 0 saturated heterocycles. The van der Waals surface area contributed by atoms with Gasteiger partial charge in [-0.3, -0.25) is 9.78 Å². The molecule has 126 valence electrons. The average molecular weight is 336 g/mol. The first-order valence-corrected chi connectivity index (χ1v) is 7.55. The zero-order valence-electron chi connectivity index (χ0n) is 13.8. The number of hydrogen-bond donors (Lipinski definition) is 1. The minimum absolute atomic E-state index is 0.272. The fourth-order valence-electron chi connectivity index (χ4n) is 2.31. The molecule has 7 nitrogen and oxygen atoms in total. The number of nitrogens with one attached hydrogen (secondary N) is 1. The SMILES string of the molecule is COC(=O)c1ccc(-n2cc(C)cn2)c(NC(=O)c2ccccn2)c1. The summed E-state index contributed by atoms with van der Waals surface area (Å²) in [5.74, 6) is -0.871. The van der Waals surface area contributed by atoms with Crippen LogP contribution < -0.4 is 5.32 Å².